The molecule has 100 valence electrons. The molecule has 0 radical (unpaired) electrons. The Morgan fingerprint density at radius 2 is 2.17 bits per heavy atom. The van der Waals surface area contributed by atoms with Crippen molar-refractivity contribution in [3.63, 3.8) is 0 Å². The quantitative estimate of drug-likeness (QED) is 0.845. The van der Waals surface area contributed by atoms with Gasteiger partial charge in [-0.15, -0.1) is 0 Å². The number of halogens is 1. The smallest absolute Gasteiger partial charge is 0.241 e. The first-order chi connectivity index (χ1) is 8.58. The third kappa shape index (κ3) is 3.91. The molecular formula is C13H19FN2O2. The lowest BCUT2D eigenvalue weighted by atomic mass is 10.3. The molecule has 0 atom stereocenters. The summed E-state index contributed by atoms with van der Waals surface area (Å²) in [6.07, 6.45) is 0. The zero-order valence-electron chi connectivity index (χ0n) is 11.0. The van der Waals surface area contributed by atoms with E-state index in [1.165, 1.54) is 6.07 Å². The number of amides is 1. The fourth-order valence-electron chi connectivity index (χ4n) is 1.37. The third-order valence-electron chi connectivity index (χ3n) is 2.58. The summed E-state index contributed by atoms with van der Waals surface area (Å²) in [5, 5.41) is 2.88. The Hall–Kier alpha value is -1.78. The Bertz CT molecular complexity index is 410. The SMILES string of the molecule is CCOc1ccc(NCC(=O)N(C)CC)cc1F. The fourth-order valence-corrected chi connectivity index (χ4v) is 1.37. The van der Waals surface area contributed by atoms with Crippen molar-refractivity contribution < 1.29 is 13.9 Å². The number of carbonyl (C=O) groups is 1. The largest absolute Gasteiger partial charge is 0.491 e. The van der Waals surface area contributed by atoms with E-state index in [4.69, 9.17) is 4.74 Å². The highest BCUT2D eigenvalue weighted by Crippen LogP contribution is 2.20. The van der Waals surface area contributed by atoms with Crippen molar-refractivity contribution in [2.24, 2.45) is 0 Å². The molecule has 0 saturated carbocycles. The molecule has 0 saturated heterocycles. The van der Waals surface area contributed by atoms with Crippen molar-refractivity contribution in [3.05, 3.63) is 24.0 Å². The lowest BCUT2D eigenvalue weighted by Gasteiger charge is -2.15. The highest BCUT2D eigenvalue weighted by atomic mass is 19.1. The van der Waals surface area contributed by atoms with Crippen LogP contribution in [0.15, 0.2) is 18.2 Å². The molecule has 1 rings (SSSR count). The summed E-state index contributed by atoms with van der Waals surface area (Å²) in [6.45, 7) is 4.92. The van der Waals surface area contributed by atoms with Gasteiger partial charge >= 0.3 is 0 Å². The van der Waals surface area contributed by atoms with Gasteiger partial charge in [-0.2, -0.15) is 0 Å². The number of anilines is 1. The van der Waals surface area contributed by atoms with Gasteiger partial charge < -0.3 is 15.0 Å². The summed E-state index contributed by atoms with van der Waals surface area (Å²) in [4.78, 5) is 13.1. The first-order valence-electron chi connectivity index (χ1n) is 5.98. The maximum Gasteiger partial charge on any atom is 0.241 e. The highest BCUT2D eigenvalue weighted by Gasteiger charge is 2.08. The van der Waals surface area contributed by atoms with E-state index in [0.717, 1.165) is 0 Å². The minimum atomic E-state index is -0.432. The number of likely N-dealkylation sites (N-methyl/N-ethyl adjacent to an activating group) is 1. The molecule has 0 aliphatic heterocycles. The second-order valence-corrected chi connectivity index (χ2v) is 3.84. The van der Waals surface area contributed by atoms with Crippen LogP contribution in [0.3, 0.4) is 0 Å². The van der Waals surface area contributed by atoms with Crippen molar-refractivity contribution in [2.75, 3.05) is 32.1 Å². The molecule has 0 heterocycles. The number of hydrogen-bond acceptors (Lipinski definition) is 3. The van der Waals surface area contributed by atoms with E-state index in [9.17, 15) is 9.18 Å². The van der Waals surface area contributed by atoms with Gasteiger partial charge in [0.05, 0.1) is 13.2 Å². The zero-order chi connectivity index (χ0) is 13.5. The molecule has 5 heteroatoms. The van der Waals surface area contributed by atoms with E-state index in [1.807, 2.05) is 6.92 Å². The summed E-state index contributed by atoms with van der Waals surface area (Å²) >= 11 is 0. The predicted molar refractivity (Wildman–Crippen MR) is 69.4 cm³/mol. The van der Waals surface area contributed by atoms with E-state index in [0.29, 0.717) is 18.8 Å². The van der Waals surface area contributed by atoms with Crippen LogP contribution in [0.25, 0.3) is 0 Å². The van der Waals surface area contributed by atoms with E-state index in [1.54, 1.807) is 31.0 Å². The summed E-state index contributed by atoms with van der Waals surface area (Å²) in [7, 11) is 1.72. The van der Waals surface area contributed by atoms with Crippen LogP contribution in [0.1, 0.15) is 13.8 Å². The molecule has 0 fully saturated rings. The molecule has 18 heavy (non-hydrogen) atoms. The van der Waals surface area contributed by atoms with Crippen LogP contribution in [0, 0.1) is 5.82 Å². The van der Waals surface area contributed by atoms with Gasteiger partial charge in [-0.25, -0.2) is 4.39 Å². The summed E-state index contributed by atoms with van der Waals surface area (Å²) < 4.78 is 18.6. The molecule has 1 amide bonds. The van der Waals surface area contributed by atoms with Crippen molar-refractivity contribution in [1.29, 1.82) is 0 Å². The Labute approximate surface area is 107 Å². The van der Waals surface area contributed by atoms with Gasteiger partial charge in [0, 0.05) is 25.3 Å². The van der Waals surface area contributed by atoms with E-state index >= 15 is 0 Å². The number of carbonyl (C=O) groups excluding carboxylic acids is 1. The second kappa shape index (κ2) is 6.83. The van der Waals surface area contributed by atoms with Crippen molar-refractivity contribution in [3.8, 4) is 5.75 Å². The van der Waals surface area contributed by atoms with Gasteiger partial charge in [-0.3, -0.25) is 4.79 Å². The predicted octanol–water partition coefficient (Wildman–Crippen LogP) is 2.11. The molecule has 1 aromatic rings. The molecule has 0 aliphatic rings. The van der Waals surface area contributed by atoms with Crippen LogP contribution >= 0.6 is 0 Å². The van der Waals surface area contributed by atoms with E-state index < -0.39 is 5.82 Å². The minimum Gasteiger partial charge on any atom is -0.491 e. The van der Waals surface area contributed by atoms with Crippen LogP contribution in [-0.4, -0.2) is 37.6 Å². The van der Waals surface area contributed by atoms with Crippen molar-refractivity contribution >= 4 is 11.6 Å². The maximum absolute atomic E-state index is 13.5. The second-order valence-electron chi connectivity index (χ2n) is 3.84. The van der Waals surface area contributed by atoms with Crippen LogP contribution in [0.2, 0.25) is 0 Å². The van der Waals surface area contributed by atoms with Gasteiger partial charge in [0.1, 0.15) is 0 Å². The Morgan fingerprint density at radius 1 is 1.44 bits per heavy atom. The van der Waals surface area contributed by atoms with Crippen LogP contribution < -0.4 is 10.1 Å². The summed E-state index contributed by atoms with van der Waals surface area (Å²) in [6, 6.07) is 4.56. The number of hydrogen-bond donors (Lipinski definition) is 1. The average molecular weight is 254 g/mol. The van der Waals surface area contributed by atoms with Crippen molar-refractivity contribution in [1.82, 2.24) is 4.90 Å². The fraction of sp³-hybridized carbons (Fsp3) is 0.462. The summed E-state index contributed by atoms with van der Waals surface area (Å²) in [5.41, 5.74) is 0.564. The maximum atomic E-state index is 13.5. The minimum absolute atomic E-state index is 0.0354. The Kier molecular flexibility index (Phi) is 5.42. The Balaban J connectivity index is 2.58. The van der Waals surface area contributed by atoms with Gasteiger partial charge in [-0.1, -0.05) is 0 Å². The van der Waals surface area contributed by atoms with Gasteiger partial charge in [0.25, 0.3) is 0 Å². The van der Waals surface area contributed by atoms with E-state index in [2.05, 4.69) is 5.32 Å². The number of ether oxygens (including phenoxy) is 1. The van der Waals surface area contributed by atoms with Crippen LogP contribution in [0.4, 0.5) is 10.1 Å². The monoisotopic (exact) mass is 254 g/mol. The number of benzene rings is 1. The van der Waals surface area contributed by atoms with Crippen molar-refractivity contribution in [2.45, 2.75) is 13.8 Å². The van der Waals surface area contributed by atoms with Gasteiger partial charge in [-0.05, 0) is 26.0 Å². The lowest BCUT2D eigenvalue weighted by molar-refractivity contribution is -0.127. The lowest BCUT2D eigenvalue weighted by Crippen LogP contribution is -2.31. The number of nitrogens with one attached hydrogen (secondary N) is 1. The first-order valence-corrected chi connectivity index (χ1v) is 5.98. The standard InChI is InChI=1S/C13H19FN2O2/c1-4-16(3)13(17)9-15-10-6-7-12(18-5-2)11(14)8-10/h6-8,15H,4-5,9H2,1-3H3. The molecule has 1 aromatic carbocycles. The molecule has 0 aromatic heterocycles. The molecule has 0 aliphatic carbocycles. The molecule has 0 spiro atoms. The third-order valence-corrected chi connectivity index (χ3v) is 2.58. The summed E-state index contributed by atoms with van der Waals surface area (Å²) in [5.74, 6) is -0.245. The molecule has 0 unspecified atom stereocenters. The molecular weight excluding hydrogens is 235 g/mol. The van der Waals surface area contributed by atoms with Gasteiger partial charge in [0.15, 0.2) is 11.6 Å². The van der Waals surface area contributed by atoms with E-state index in [-0.39, 0.29) is 18.2 Å². The molecule has 0 bridgehead atoms. The number of nitrogens with zero attached hydrogens (tertiary/aromatic N) is 1. The zero-order valence-corrected chi connectivity index (χ0v) is 11.0. The molecule has 1 N–H and O–H groups in total. The van der Waals surface area contributed by atoms with Crippen LogP contribution in [-0.2, 0) is 4.79 Å². The van der Waals surface area contributed by atoms with Gasteiger partial charge in [0.2, 0.25) is 5.91 Å². The molecule has 4 nitrogen and oxygen atoms in total. The number of rotatable bonds is 6. The Morgan fingerprint density at radius 3 is 2.72 bits per heavy atom. The highest BCUT2D eigenvalue weighted by molar-refractivity contribution is 5.80. The normalized spacial score (nSPS) is 10.0. The topological polar surface area (TPSA) is 41.6 Å². The first kappa shape index (κ1) is 14.3. The van der Waals surface area contributed by atoms with Crippen LogP contribution in [0.5, 0.6) is 5.75 Å². The average Bonchev–Trinajstić information content (AvgIpc) is 2.38.